The van der Waals surface area contributed by atoms with E-state index in [1.807, 2.05) is 30.3 Å². The van der Waals surface area contributed by atoms with Crippen LogP contribution >= 0.6 is 0 Å². The summed E-state index contributed by atoms with van der Waals surface area (Å²) in [6, 6.07) is 11.8. The Morgan fingerprint density at radius 2 is 1.81 bits per heavy atom. The maximum Gasteiger partial charge on any atom is 0.276 e. The second-order valence-electron chi connectivity index (χ2n) is 5.91. The number of benzene rings is 2. The van der Waals surface area contributed by atoms with Crippen LogP contribution < -0.4 is 20.5 Å². The number of nitrogens with one attached hydrogen (secondary N) is 1. The molecular formula is C19H23N3O5. The number of hydrogen-bond donors (Lipinski definition) is 2. The average molecular weight is 373 g/mol. The van der Waals surface area contributed by atoms with Gasteiger partial charge in [0.25, 0.3) is 5.69 Å². The van der Waals surface area contributed by atoms with Crippen molar-refractivity contribution < 1.29 is 19.2 Å². The molecule has 0 radical (unpaired) electrons. The Balaban J connectivity index is 1.97. The molecule has 2 aromatic carbocycles. The Kier molecular flexibility index (Phi) is 7.13. The summed E-state index contributed by atoms with van der Waals surface area (Å²) in [5.74, 6) is 0.468. The number of nitrogens with zero attached hydrogens (tertiary/aromatic N) is 1. The standard InChI is InChI=1S/C19H23N3O5/c1-26-17-10-14(16(22(24)25)12-18(17)27-2)8-9-21-19(23)11-15(20)13-6-4-3-5-7-13/h3-7,10,12,15H,8-9,11,20H2,1-2H3,(H,21,23). The van der Waals surface area contributed by atoms with Gasteiger partial charge in [0.2, 0.25) is 5.91 Å². The summed E-state index contributed by atoms with van der Waals surface area (Å²) >= 11 is 0. The molecule has 0 aliphatic heterocycles. The van der Waals surface area contributed by atoms with Crippen LogP contribution in [0.3, 0.4) is 0 Å². The molecule has 27 heavy (non-hydrogen) atoms. The van der Waals surface area contributed by atoms with Gasteiger partial charge in [0.05, 0.1) is 25.2 Å². The molecule has 3 N–H and O–H groups in total. The lowest BCUT2D eigenvalue weighted by atomic mass is 10.0. The first-order valence-electron chi connectivity index (χ1n) is 8.42. The van der Waals surface area contributed by atoms with Crippen molar-refractivity contribution in [2.45, 2.75) is 18.9 Å². The van der Waals surface area contributed by atoms with Crippen LogP contribution in [0.2, 0.25) is 0 Å². The lowest BCUT2D eigenvalue weighted by molar-refractivity contribution is -0.385. The second kappa shape index (κ2) is 9.54. The van der Waals surface area contributed by atoms with E-state index in [0.29, 0.717) is 11.3 Å². The van der Waals surface area contributed by atoms with E-state index >= 15 is 0 Å². The van der Waals surface area contributed by atoms with Crippen molar-refractivity contribution in [2.75, 3.05) is 20.8 Å². The van der Waals surface area contributed by atoms with Crippen LogP contribution in [0.25, 0.3) is 0 Å². The first-order chi connectivity index (χ1) is 13.0. The molecule has 0 aromatic heterocycles. The maximum atomic E-state index is 12.1. The van der Waals surface area contributed by atoms with E-state index in [-0.39, 0.29) is 36.7 Å². The number of methoxy groups -OCH3 is 2. The van der Waals surface area contributed by atoms with Crippen LogP contribution in [0.5, 0.6) is 11.5 Å². The van der Waals surface area contributed by atoms with Gasteiger partial charge in [-0.25, -0.2) is 0 Å². The molecule has 2 aromatic rings. The summed E-state index contributed by atoms with van der Waals surface area (Å²) in [4.78, 5) is 22.9. The second-order valence-corrected chi connectivity index (χ2v) is 5.91. The number of carbonyl (C=O) groups is 1. The minimum atomic E-state index is -0.482. The summed E-state index contributed by atoms with van der Waals surface area (Å²) in [7, 11) is 2.87. The Bertz CT molecular complexity index is 795. The summed E-state index contributed by atoms with van der Waals surface area (Å²) in [6.45, 7) is 0.247. The van der Waals surface area contributed by atoms with Crippen molar-refractivity contribution in [3.8, 4) is 11.5 Å². The van der Waals surface area contributed by atoms with E-state index < -0.39 is 11.0 Å². The highest BCUT2D eigenvalue weighted by atomic mass is 16.6. The molecule has 8 heteroatoms. The SMILES string of the molecule is COc1cc(CCNC(=O)CC(N)c2ccccc2)c([N+](=O)[O-])cc1OC. The Hall–Kier alpha value is -3.13. The number of ether oxygens (including phenoxy) is 2. The van der Waals surface area contributed by atoms with Crippen molar-refractivity contribution in [3.05, 3.63) is 63.7 Å². The van der Waals surface area contributed by atoms with E-state index in [1.165, 1.54) is 20.3 Å². The fourth-order valence-corrected chi connectivity index (χ4v) is 2.71. The molecule has 8 nitrogen and oxygen atoms in total. The maximum absolute atomic E-state index is 12.1. The molecule has 0 fully saturated rings. The zero-order chi connectivity index (χ0) is 19.8. The highest BCUT2D eigenvalue weighted by Crippen LogP contribution is 2.34. The molecule has 0 saturated heterocycles. The largest absolute Gasteiger partial charge is 0.493 e. The normalized spacial score (nSPS) is 11.5. The molecule has 144 valence electrons. The van der Waals surface area contributed by atoms with Gasteiger partial charge in [-0.05, 0) is 18.1 Å². The third kappa shape index (κ3) is 5.42. The molecule has 0 heterocycles. The van der Waals surface area contributed by atoms with Gasteiger partial charge in [-0.3, -0.25) is 14.9 Å². The van der Waals surface area contributed by atoms with Crippen molar-refractivity contribution in [2.24, 2.45) is 5.73 Å². The van der Waals surface area contributed by atoms with Crippen LogP contribution in [0.4, 0.5) is 5.69 Å². The number of rotatable bonds is 9. The van der Waals surface area contributed by atoms with Gasteiger partial charge in [-0.1, -0.05) is 30.3 Å². The molecule has 1 atom stereocenters. The van der Waals surface area contributed by atoms with Gasteiger partial charge in [0, 0.05) is 24.6 Å². The van der Waals surface area contributed by atoms with Crippen LogP contribution in [0.15, 0.2) is 42.5 Å². The van der Waals surface area contributed by atoms with Gasteiger partial charge in [-0.15, -0.1) is 0 Å². The molecule has 1 amide bonds. The molecule has 1 unspecified atom stereocenters. The Labute approximate surface area is 157 Å². The number of hydrogen-bond acceptors (Lipinski definition) is 6. The lowest BCUT2D eigenvalue weighted by Crippen LogP contribution is -2.29. The fourth-order valence-electron chi connectivity index (χ4n) is 2.71. The minimum absolute atomic E-state index is 0.0807. The molecule has 2 rings (SSSR count). The van der Waals surface area contributed by atoms with E-state index in [4.69, 9.17) is 15.2 Å². The number of amides is 1. The summed E-state index contributed by atoms with van der Waals surface area (Å²) in [5.41, 5.74) is 7.28. The van der Waals surface area contributed by atoms with Crippen LogP contribution in [0, 0.1) is 10.1 Å². The monoisotopic (exact) mass is 373 g/mol. The van der Waals surface area contributed by atoms with Crippen molar-refractivity contribution in [3.63, 3.8) is 0 Å². The van der Waals surface area contributed by atoms with Gasteiger partial charge < -0.3 is 20.5 Å². The molecule has 0 spiro atoms. The smallest absolute Gasteiger partial charge is 0.276 e. The van der Waals surface area contributed by atoms with E-state index in [1.54, 1.807) is 6.07 Å². The number of nitro benzene ring substituents is 1. The van der Waals surface area contributed by atoms with Crippen LogP contribution in [-0.2, 0) is 11.2 Å². The minimum Gasteiger partial charge on any atom is -0.493 e. The van der Waals surface area contributed by atoms with Gasteiger partial charge in [0.1, 0.15) is 0 Å². The zero-order valence-corrected chi connectivity index (χ0v) is 15.3. The average Bonchev–Trinajstić information content (AvgIpc) is 2.67. The molecular weight excluding hydrogens is 350 g/mol. The van der Waals surface area contributed by atoms with Crippen LogP contribution in [-0.4, -0.2) is 31.6 Å². The zero-order valence-electron chi connectivity index (χ0n) is 15.3. The van der Waals surface area contributed by atoms with E-state index in [9.17, 15) is 14.9 Å². The van der Waals surface area contributed by atoms with Crippen LogP contribution in [0.1, 0.15) is 23.6 Å². The fraction of sp³-hybridized carbons (Fsp3) is 0.316. The number of carbonyl (C=O) groups excluding carboxylic acids is 1. The molecule has 0 aliphatic rings. The Morgan fingerprint density at radius 3 is 2.41 bits per heavy atom. The highest BCUT2D eigenvalue weighted by molar-refractivity contribution is 5.76. The third-order valence-corrected chi connectivity index (χ3v) is 4.13. The lowest BCUT2D eigenvalue weighted by Gasteiger charge is -2.13. The summed E-state index contributed by atoms with van der Waals surface area (Å²) in [6.07, 6.45) is 0.418. The topological polar surface area (TPSA) is 117 Å². The van der Waals surface area contributed by atoms with Crippen molar-refractivity contribution >= 4 is 11.6 Å². The summed E-state index contributed by atoms with van der Waals surface area (Å²) in [5, 5.41) is 14.0. The van der Waals surface area contributed by atoms with Gasteiger partial charge in [0.15, 0.2) is 11.5 Å². The number of nitrogens with two attached hydrogens (primary N) is 1. The predicted molar refractivity (Wildman–Crippen MR) is 101 cm³/mol. The van der Waals surface area contributed by atoms with Crippen molar-refractivity contribution in [1.29, 1.82) is 0 Å². The molecule has 0 bridgehead atoms. The quantitative estimate of drug-likeness (QED) is 0.515. The predicted octanol–water partition coefficient (Wildman–Crippen LogP) is 2.36. The van der Waals surface area contributed by atoms with E-state index in [0.717, 1.165) is 5.56 Å². The number of nitro groups is 1. The van der Waals surface area contributed by atoms with E-state index in [2.05, 4.69) is 5.32 Å². The van der Waals surface area contributed by atoms with Crippen molar-refractivity contribution in [1.82, 2.24) is 5.32 Å². The molecule has 0 aliphatic carbocycles. The van der Waals surface area contributed by atoms with Gasteiger partial charge in [-0.2, -0.15) is 0 Å². The third-order valence-electron chi connectivity index (χ3n) is 4.13. The Morgan fingerprint density at radius 1 is 1.19 bits per heavy atom. The first kappa shape index (κ1) is 20.2. The highest BCUT2D eigenvalue weighted by Gasteiger charge is 2.19. The first-order valence-corrected chi connectivity index (χ1v) is 8.42. The van der Waals surface area contributed by atoms with Gasteiger partial charge >= 0.3 is 0 Å². The molecule has 0 saturated carbocycles. The summed E-state index contributed by atoms with van der Waals surface area (Å²) < 4.78 is 10.3.